The highest BCUT2D eigenvalue weighted by Crippen LogP contribution is 2.24. The van der Waals surface area contributed by atoms with Crippen molar-refractivity contribution in [2.24, 2.45) is 0 Å². The first kappa shape index (κ1) is 27.8. The van der Waals surface area contributed by atoms with E-state index in [0.717, 1.165) is 37.7 Å². The smallest absolute Gasteiger partial charge is 0.243 e. The third kappa shape index (κ3) is 6.71. The molecule has 13 heteroatoms. The van der Waals surface area contributed by atoms with Gasteiger partial charge in [0.05, 0.1) is 23.4 Å². The zero-order valence-electron chi connectivity index (χ0n) is 20.0. The van der Waals surface area contributed by atoms with Crippen molar-refractivity contribution in [1.29, 1.82) is 0 Å². The average molecular weight is 546 g/mol. The highest BCUT2D eigenvalue weighted by molar-refractivity contribution is 7.92. The molecule has 0 spiro atoms. The molecule has 36 heavy (non-hydrogen) atoms. The number of nitrogens with zero attached hydrogens (tertiary/aromatic N) is 2. The van der Waals surface area contributed by atoms with Crippen LogP contribution in [0, 0.1) is 11.6 Å². The average Bonchev–Trinajstić information content (AvgIpc) is 2.84. The molecule has 1 N–H and O–H groups in total. The molecule has 2 aromatic carbocycles. The third-order valence-electron chi connectivity index (χ3n) is 5.69. The summed E-state index contributed by atoms with van der Waals surface area (Å²) in [6, 6.07) is 7.29. The highest BCUT2D eigenvalue weighted by atomic mass is 32.2. The van der Waals surface area contributed by atoms with E-state index in [4.69, 9.17) is 4.74 Å². The molecule has 0 bridgehead atoms. The summed E-state index contributed by atoms with van der Waals surface area (Å²) in [5, 5.41) is 2.54. The molecule has 1 heterocycles. The summed E-state index contributed by atoms with van der Waals surface area (Å²) in [5.74, 6) is -2.65. The van der Waals surface area contributed by atoms with Crippen LogP contribution in [-0.2, 0) is 24.8 Å². The molecule has 0 aliphatic carbocycles. The number of hydrogen-bond acceptors (Lipinski definition) is 6. The summed E-state index contributed by atoms with van der Waals surface area (Å²) in [5.41, 5.74) is -0.185. The van der Waals surface area contributed by atoms with Crippen molar-refractivity contribution in [2.45, 2.75) is 37.1 Å². The van der Waals surface area contributed by atoms with Gasteiger partial charge in [0.25, 0.3) is 0 Å². The summed E-state index contributed by atoms with van der Waals surface area (Å²) in [6.07, 6.45) is 3.56. The maximum absolute atomic E-state index is 13.6. The quantitative estimate of drug-likeness (QED) is 0.459. The van der Waals surface area contributed by atoms with Gasteiger partial charge < -0.3 is 10.1 Å². The molecular formula is C23H29F2N3O6S2. The largest absolute Gasteiger partial charge is 0.492 e. The van der Waals surface area contributed by atoms with Gasteiger partial charge in [-0.3, -0.25) is 9.10 Å². The number of piperidine rings is 1. The van der Waals surface area contributed by atoms with Gasteiger partial charge in [0.15, 0.2) is 11.6 Å². The van der Waals surface area contributed by atoms with Crippen LogP contribution in [0.5, 0.6) is 5.75 Å². The Morgan fingerprint density at radius 2 is 1.67 bits per heavy atom. The second-order valence-corrected chi connectivity index (χ2v) is 12.2. The van der Waals surface area contributed by atoms with Gasteiger partial charge in [-0.05, 0) is 56.2 Å². The second kappa shape index (κ2) is 11.5. The van der Waals surface area contributed by atoms with Crippen LogP contribution >= 0.6 is 0 Å². The fourth-order valence-corrected chi connectivity index (χ4v) is 6.57. The van der Waals surface area contributed by atoms with E-state index in [1.807, 2.05) is 0 Å². The minimum absolute atomic E-state index is 0.0202. The van der Waals surface area contributed by atoms with E-state index in [9.17, 15) is 30.4 Å². The molecule has 1 saturated heterocycles. The van der Waals surface area contributed by atoms with E-state index >= 15 is 0 Å². The lowest BCUT2D eigenvalue weighted by Crippen LogP contribution is -2.48. The van der Waals surface area contributed by atoms with Gasteiger partial charge in [-0.1, -0.05) is 6.42 Å². The van der Waals surface area contributed by atoms with Gasteiger partial charge in [-0.15, -0.1) is 0 Å². The van der Waals surface area contributed by atoms with Crippen molar-refractivity contribution in [3.05, 3.63) is 54.1 Å². The van der Waals surface area contributed by atoms with Crippen LogP contribution < -0.4 is 14.4 Å². The van der Waals surface area contributed by atoms with Gasteiger partial charge in [-0.25, -0.2) is 25.6 Å². The summed E-state index contributed by atoms with van der Waals surface area (Å²) < 4.78 is 84.5. The Morgan fingerprint density at radius 3 is 2.25 bits per heavy atom. The Balaban J connectivity index is 1.55. The molecule has 2 aromatic rings. The molecule has 0 saturated carbocycles. The first-order valence-electron chi connectivity index (χ1n) is 11.4. The molecule has 1 aliphatic heterocycles. The van der Waals surface area contributed by atoms with Crippen LogP contribution in [0.4, 0.5) is 14.5 Å². The van der Waals surface area contributed by atoms with Crippen LogP contribution in [0.1, 0.15) is 26.2 Å². The van der Waals surface area contributed by atoms with Gasteiger partial charge in [0.2, 0.25) is 26.0 Å². The van der Waals surface area contributed by atoms with Crippen molar-refractivity contribution in [2.75, 3.05) is 36.8 Å². The van der Waals surface area contributed by atoms with Crippen LogP contribution in [0.15, 0.2) is 47.4 Å². The number of anilines is 1. The predicted octanol–water partition coefficient (Wildman–Crippen LogP) is 2.49. The van der Waals surface area contributed by atoms with E-state index in [2.05, 4.69) is 5.32 Å². The fourth-order valence-electron chi connectivity index (χ4n) is 3.88. The van der Waals surface area contributed by atoms with E-state index in [1.165, 1.54) is 35.5 Å². The molecule has 1 aliphatic rings. The third-order valence-corrected chi connectivity index (χ3v) is 8.85. The number of benzene rings is 2. The topological polar surface area (TPSA) is 113 Å². The van der Waals surface area contributed by atoms with E-state index < -0.39 is 43.6 Å². The van der Waals surface area contributed by atoms with Crippen LogP contribution in [0.25, 0.3) is 0 Å². The van der Waals surface area contributed by atoms with Crippen molar-refractivity contribution in [1.82, 2.24) is 9.62 Å². The maximum Gasteiger partial charge on any atom is 0.243 e. The van der Waals surface area contributed by atoms with E-state index in [-0.39, 0.29) is 23.7 Å². The number of ether oxygens (including phenoxy) is 1. The van der Waals surface area contributed by atoms with E-state index in [0.29, 0.717) is 29.2 Å². The van der Waals surface area contributed by atoms with Crippen LogP contribution in [0.3, 0.4) is 0 Å². The minimum atomic E-state index is -3.99. The molecule has 1 fully saturated rings. The molecular weight excluding hydrogens is 516 g/mol. The molecule has 198 valence electrons. The first-order valence-corrected chi connectivity index (χ1v) is 14.7. The summed E-state index contributed by atoms with van der Waals surface area (Å²) >= 11 is 0. The highest BCUT2D eigenvalue weighted by Gasteiger charge is 2.30. The lowest BCUT2D eigenvalue weighted by molar-refractivity contribution is -0.121. The van der Waals surface area contributed by atoms with Crippen molar-refractivity contribution in [3.63, 3.8) is 0 Å². The number of rotatable bonds is 10. The Bertz CT molecular complexity index is 1280. The number of hydrogen-bond donors (Lipinski definition) is 1. The fraction of sp³-hybridized carbons (Fsp3) is 0.435. The number of nitrogens with one attached hydrogen (secondary N) is 1. The summed E-state index contributed by atoms with van der Waals surface area (Å²) in [7, 11) is -7.54. The van der Waals surface area contributed by atoms with Crippen LogP contribution in [0.2, 0.25) is 0 Å². The second-order valence-electron chi connectivity index (χ2n) is 8.41. The number of carbonyl (C=O) groups excluding carboxylic acids is 1. The van der Waals surface area contributed by atoms with Gasteiger partial charge >= 0.3 is 0 Å². The molecule has 3 rings (SSSR count). The van der Waals surface area contributed by atoms with Crippen molar-refractivity contribution in [3.8, 4) is 5.75 Å². The van der Waals surface area contributed by atoms with Crippen molar-refractivity contribution < 1.29 is 35.1 Å². The van der Waals surface area contributed by atoms with Crippen molar-refractivity contribution >= 4 is 31.6 Å². The van der Waals surface area contributed by atoms with Gasteiger partial charge in [-0.2, -0.15) is 4.31 Å². The lowest BCUT2D eigenvalue weighted by atomic mass is 10.2. The number of halogens is 2. The van der Waals surface area contributed by atoms with E-state index in [1.54, 1.807) is 0 Å². The lowest BCUT2D eigenvalue weighted by Gasteiger charge is -2.28. The Kier molecular flexibility index (Phi) is 8.90. The normalized spacial score (nSPS) is 15.8. The van der Waals surface area contributed by atoms with Gasteiger partial charge in [0.1, 0.15) is 18.4 Å². The zero-order valence-corrected chi connectivity index (χ0v) is 21.6. The maximum atomic E-state index is 13.6. The predicted molar refractivity (Wildman–Crippen MR) is 131 cm³/mol. The summed E-state index contributed by atoms with van der Waals surface area (Å²) in [6.45, 7) is 2.38. The van der Waals surface area contributed by atoms with Gasteiger partial charge in [0, 0.05) is 19.2 Å². The van der Waals surface area contributed by atoms with Crippen LogP contribution in [-0.4, -0.2) is 65.6 Å². The minimum Gasteiger partial charge on any atom is -0.492 e. The Morgan fingerprint density at radius 1 is 1.03 bits per heavy atom. The number of amides is 1. The standard InChI is InChI=1S/C23H29F2N3O6S2/c1-17(28(35(2,30)31)18-6-11-21(24)22(25)16-18)23(29)26-12-15-34-19-7-9-20(10-8-19)36(32,33)27-13-4-3-5-14-27/h6-11,16-17H,3-5,12-15H2,1-2H3,(H,26,29). The number of sulfonamides is 2. The molecule has 9 nitrogen and oxygen atoms in total. The molecule has 0 radical (unpaired) electrons. The monoisotopic (exact) mass is 545 g/mol. The first-order chi connectivity index (χ1) is 16.9. The molecule has 1 atom stereocenters. The molecule has 0 aromatic heterocycles. The molecule has 1 unspecified atom stereocenters. The SMILES string of the molecule is CC(C(=O)NCCOc1ccc(S(=O)(=O)N2CCCCC2)cc1)N(c1ccc(F)c(F)c1)S(C)(=O)=O. The summed E-state index contributed by atoms with van der Waals surface area (Å²) in [4.78, 5) is 12.7. The Hall–Kier alpha value is -2.77. The Labute approximate surface area is 210 Å². The molecule has 1 amide bonds. The zero-order chi connectivity index (χ0) is 26.5. The number of carbonyl (C=O) groups is 1.